The fourth-order valence-corrected chi connectivity index (χ4v) is 2.33. The molecule has 1 amide bonds. The van der Waals surface area contributed by atoms with E-state index in [4.69, 9.17) is 23.2 Å². The highest BCUT2D eigenvalue weighted by Crippen LogP contribution is 2.22. The highest BCUT2D eigenvalue weighted by atomic mass is 35.5. The zero-order valence-corrected chi connectivity index (χ0v) is 12.3. The molecule has 2 rings (SSSR count). The first-order valence-electron chi connectivity index (χ1n) is 6.16. The third kappa shape index (κ3) is 3.68. The van der Waals surface area contributed by atoms with Crippen LogP contribution < -0.4 is 5.32 Å². The van der Waals surface area contributed by atoms with Crippen molar-refractivity contribution >= 4 is 34.9 Å². The minimum absolute atomic E-state index is 0.000518. The van der Waals surface area contributed by atoms with Crippen LogP contribution in [-0.4, -0.2) is 15.9 Å². The normalized spacial score (nSPS) is 11.9. The van der Waals surface area contributed by atoms with Gasteiger partial charge in [0.1, 0.15) is 11.0 Å². The van der Waals surface area contributed by atoms with E-state index in [1.54, 1.807) is 0 Å². The molecule has 1 aromatic heterocycles. The number of carbonyl (C=O) groups excluding carboxylic acids is 1. The van der Waals surface area contributed by atoms with Gasteiger partial charge in [0.15, 0.2) is 0 Å². The Labute approximate surface area is 127 Å². The summed E-state index contributed by atoms with van der Waals surface area (Å²) in [6.07, 6.45) is 0.683. The summed E-state index contributed by atoms with van der Waals surface area (Å²) in [5.41, 5.74) is 0.957. The molecule has 1 N–H and O–H groups in total. The van der Waals surface area contributed by atoms with Crippen molar-refractivity contribution in [2.45, 2.75) is 19.3 Å². The van der Waals surface area contributed by atoms with Gasteiger partial charge in [0.2, 0.25) is 11.2 Å². The summed E-state index contributed by atoms with van der Waals surface area (Å²) >= 11 is 11.5. The Balaban J connectivity index is 2.18. The molecule has 0 saturated carbocycles. The monoisotopic (exact) mass is 309 g/mol. The predicted octanol–water partition coefficient (Wildman–Crippen LogP) is 3.92. The average Bonchev–Trinajstić information content (AvgIpc) is 2.39. The summed E-state index contributed by atoms with van der Waals surface area (Å²) < 4.78 is 0. The summed E-state index contributed by atoms with van der Waals surface area (Å²) in [6.45, 7) is 1.96. The summed E-state index contributed by atoms with van der Waals surface area (Å²) in [5, 5.41) is 2.90. The van der Waals surface area contributed by atoms with Crippen LogP contribution in [0.25, 0.3) is 0 Å². The fraction of sp³-hybridized carbons (Fsp3) is 0.214. The number of benzene rings is 1. The largest absolute Gasteiger partial charge is 0.310 e. The smallest absolute Gasteiger partial charge is 0.233 e. The molecular formula is C14H13Cl2N3O. The first-order chi connectivity index (χ1) is 9.60. The molecular weight excluding hydrogens is 297 g/mol. The second kappa shape index (κ2) is 6.68. The minimum atomic E-state index is -0.247. The number of amides is 1. The Hall–Kier alpha value is -1.65. The molecule has 0 aliphatic heterocycles. The van der Waals surface area contributed by atoms with Crippen LogP contribution in [-0.2, 0) is 4.79 Å². The number of aromatic nitrogens is 2. The van der Waals surface area contributed by atoms with Crippen molar-refractivity contribution in [3.05, 3.63) is 52.4 Å². The zero-order chi connectivity index (χ0) is 14.5. The quantitative estimate of drug-likeness (QED) is 0.688. The molecule has 4 nitrogen and oxygen atoms in total. The number of nitrogens with one attached hydrogen (secondary N) is 1. The third-order valence-electron chi connectivity index (χ3n) is 2.85. The van der Waals surface area contributed by atoms with E-state index in [1.165, 1.54) is 6.07 Å². The van der Waals surface area contributed by atoms with E-state index in [-0.39, 0.29) is 22.3 Å². The lowest BCUT2D eigenvalue weighted by Gasteiger charge is -2.15. The fourth-order valence-electron chi connectivity index (χ4n) is 1.93. The number of nitrogens with zero attached hydrogens (tertiary/aromatic N) is 2. The highest BCUT2D eigenvalue weighted by Gasteiger charge is 2.19. The molecule has 1 atom stereocenters. The first kappa shape index (κ1) is 14.8. The van der Waals surface area contributed by atoms with E-state index in [2.05, 4.69) is 15.3 Å². The summed E-state index contributed by atoms with van der Waals surface area (Å²) in [4.78, 5) is 20.0. The van der Waals surface area contributed by atoms with Crippen molar-refractivity contribution in [2.24, 2.45) is 0 Å². The number of hydrogen-bond acceptors (Lipinski definition) is 3. The van der Waals surface area contributed by atoms with Gasteiger partial charge in [-0.1, -0.05) is 48.9 Å². The molecule has 0 aliphatic carbocycles. The minimum Gasteiger partial charge on any atom is -0.310 e. The Morgan fingerprint density at radius 2 is 1.95 bits per heavy atom. The van der Waals surface area contributed by atoms with E-state index >= 15 is 0 Å². The van der Waals surface area contributed by atoms with Gasteiger partial charge in [-0.15, -0.1) is 0 Å². The molecule has 1 heterocycles. The molecule has 1 unspecified atom stereocenters. The van der Waals surface area contributed by atoms with Crippen molar-refractivity contribution in [1.82, 2.24) is 9.97 Å². The van der Waals surface area contributed by atoms with Gasteiger partial charge in [-0.2, -0.15) is 0 Å². The van der Waals surface area contributed by atoms with Crippen LogP contribution >= 0.6 is 23.2 Å². The molecule has 0 saturated heterocycles. The maximum absolute atomic E-state index is 12.3. The maximum Gasteiger partial charge on any atom is 0.233 e. The molecule has 0 aliphatic rings. The third-order valence-corrected chi connectivity index (χ3v) is 3.21. The number of anilines is 1. The van der Waals surface area contributed by atoms with Gasteiger partial charge in [0, 0.05) is 6.07 Å². The molecule has 2 aromatic rings. The van der Waals surface area contributed by atoms with Crippen molar-refractivity contribution in [2.75, 3.05) is 5.32 Å². The van der Waals surface area contributed by atoms with Crippen LogP contribution in [0.3, 0.4) is 0 Å². The highest BCUT2D eigenvalue weighted by molar-refractivity contribution is 6.32. The first-order valence-corrected chi connectivity index (χ1v) is 6.91. The van der Waals surface area contributed by atoms with Gasteiger partial charge in [0.05, 0.1) is 5.92 Å². The standard InChI is InChI=1S/C14H13Cl2N3O/c1-2-10(9-6-4-3-5-7-9)13(20)18-12-8-11(15)17-14(16)19-12/h3-8,10H,2H2,1H3,(H,17,18,19,20). The number of hydrogen-bond donors (Lipinski definition) is 1. The van der Waals surface area contributed by atoms with Gasteiger partial charge in [-0.25, -0.2) is 9.97 Å². The van der Waals surface area contributed by atoms with Gasteiger partial charge >= 0.3 is 0 Å². The van der Waals surface area contributed by atoms with Gasteiger partial charge in [-0.3, -0.25) is 4.79 Å². The molecule has 1 aromatic carbocycles. The SMILES string of the molecule is CCC(C(=O)Nc1cc(Cl)nc(Cl)n1)c1ccccc1. The van der Waals surface area contributed by atoms with E-state index < -0.39 is 0 Å². The number of rotatable bonds is 4. The zero-order valence-electron chi connectivity index (χ0n) is 10.8. The van der Waals surface area contributed by atoms with Crippen LogP contribution in [0.15, 0.2) is 36.4 Å². The molecule has 0 bridgehead atoms. The van der Waals surface area contributed by atoms with Crippen molar-refractivity contribution < 1.29 is 4.79 Å². The van der Waals surface area contributed by atoms with Crippen LogP contribution in [0.2, 0.25) is 10.4 Å². The number of halogens is 2. The van der Waals surface area contributed by atoms with Crippen LogP contribution in [0.1, 0.15) is 24.8 Å². The Kier molecular flexibility index (Phi) is 4.93. The summed E-state index contributed by atoms with van der Waals surface area (Å²) in [6, 6.07) is 11.0. The van der Waals surface area contributed by atoms with Crippen molar-refractivity contribution in [3.63, 3.8) is 0 Å². The molecule has 6 heteroatoms. The topological polar surface area (TPSA) is 54.9 Å². The lowest BCUT2D eigenvalue weighted by atomic mass is 9.96. The Morgan fingerprint density at radius 3 is 2.55 bits per heavy atom. The van der Waals surface area contributed by atoms with Crippen molar-refractivity contribution in [1.29, 1.82) is 0 Å². The summed E-state index contributed by atoms with van der Waals surface area (Å²) in [7, 11) is 0. The van der Waals surface area contributed by atoms with Gasteiger partial charge < -0.3 is 5.32 Å². The lowest BCUT2D eigenvalue weighted by Crippen LogP contribution is -2.21. The Bertz CT molecular complexity index is 584. The molecule has 20 heavy (non-hydrogen) atoms. The van der Waals surface area contributed by atoms with E-state index in [9.17, 15) is 4.79 Å². The molecule has 0 fully saturated rings. The number of carbonyl (C=O) groups is 1. The van der Waals surface area contributed by atoms with Crippen molar-refractivity contribution in [3.8, 4) is 0 Å². The van der Waals surface area contributed by atoms with E-state index in [0.717, 1.165) is 5.56 Å². The van der Waals surface area contributed by atoms with Gasteiger partial charge in [-0.05, 0) is 23.6 Å². The van der Waals surface area contributed by atoms with E-state index in [0.29, 0.717) is 12.2 Å². The summed E-state index contributed by atoms with van der Waals surface area (Å²) in [5.74, 6) is -0.0948. The average molecular weight is 310 g/mol. The van der Waals surface area contributed by atoms with Crippen LogP contribution in [0.4, 0.5) is 5.82 Å². The second-order valence-corrected chi connectivity index (χ2v) is 4.93. The molecule has 0 spiro atoms. The van der Waals surface area contributed by atoms with Gasteiger partial charge in [0.25, 0.3) is 0 Å². The second-order valence-electron chi connectivity index (χ2n) is 4.21. The lowest BCUT2D eigenvalue weighted by molar-refractivity contribution is -0.117. The van der Waals surface area contributed by atoms with Crippen LogP contribution in [0.5, 0.6) is 0 Å². The maximum atomic E-state index is 12.3. The van der Waals surface area contributed by atoms with Crippen LogP contribution in [0, 0.1) is 0 Å². The Morgan fingerprint density at radius 1 is 1.25 bits per heavy atom. The predicted molar refractivity (Wildman–Crippen MR) is 80.2 cm³/mol. The van der Waals surface area contributed by atoms with E-state index in [1.807, 2.05) is 37.3 Å². The molecule has 104 valence electrons. The molecule has 0 radical (unpaired) electrons.